The van der Waals surface area contributed by atoms with Crippen LogP contribution in [-0.4, -0.2) is 12.7 Å². The maximum Gasteiger partial charge on any atom is 0.0654 e. The molecule has 2 atom stereocenters. The van der Waals surface area contributed by atoms with Crippen LogP contribution in [0.1, 0.15) is 33.1 Å². The van der Waals surface area contributed by atoms with Gasteiger partial charge in [-0.3, -0.25) is 0 Å². The minimum atomic E-state index is 0.491. The van der Waals surface area contributed by atoms with Gasteiger partial charge in [-0.15, -0.1) is 0 Å². The Labute approximate surface area is 62.8 Å². The first kappa shape index (κ1) is 6.66. The molecule has 2 aliphatic rings. The van der Waals surface area contributed by atoms with E-state index in [9.17, 15) is 0 Å². The van der Waals surface area contributed by atoms with Crippen molar-refractivity contribution in [2.24, 2.45) is 11.3 Å². The van der Waals surface area contributed by atoms with Gasteiger partial charge in [0.15, 0.2) is 0 Å². The predicted octanol–water partition coefficient (Wildman–Crippen LogP) is 2.21. The van der Waals surface area contributed by atoms with Crippen LogP contribution in [0.15, 0.2) is 0 Å². The average molecular weight is 140 g/mol. The first-order valence-electron chi connectivity index (χ1n) is 4.32. The van der Waals surface area contributed by atoms with E-state index < -0.39 is 0 Å². The third kappa shape index (κ3) is 0.800. The molecule has 1 saturated carbocycles. The van der Waals surface area contributed by atoms with Crippen molar-refractivity contribution in [1.29, 1.82) is 0 Å². The minimum absolute atomic E-state index is 0.491. The fourth-order valence-electron chi connectivity index (χ4n) is 2.55. The van der Waals surface area contributed by atoms with E-state index in [4.69, 9.17) is 4.74 Å². The summed E-state index contributed by atoms with van der Waals surface area (Å²) in [6, 6.07) is 0. The maximum atomic E-state index is 5.69. The van der Waals surface area contributed by atoms with Gasteiger partial charge in [-0.05, 0) is 30.6 Å². The van der Waals surface area contributed by atoms with Crippen LogP contribution in [-0.2, 0) is 4.74 Å². The SMILES string of the molecule is CC1(C)CC2CCCOC21. The van der Waals surface area contributed by atoms with Gasteiger partial charge in [-0.25, -0.2) is 0 Å². The summed E-state index contributed by atoms with van der Waals surface area (Å²) in [4.78, 5) is 0. The molecule has 0 bridgehead atoms. The summed E-state index contributed by atoms with van der Waals surface area (Å²) in [5.41, 5.74) is 0.491. The molecule has 2 fully saturated rings. The van der Waals surface area contributed by atoms with Crippen LogP contribution in [0.4, 0.5) is 0 Å². The Kier molecular flexibility index (Phi) is 1.31. The predicted molar refractivity (Wildman–Crippen MR) is 40.9 cm³/mol. The van der Waals surface area contributed by atoms with Crippen LogP contribution < -0.4 is 0 Å². The topological polar surface area (TPSA) is 9.23 Å². The summed E-state index contributed by atoms with van der Waals surface area (Å²) in [5.74, 6) is 0.906. The van der Waals surface area contributed by atoms with Crippen molar-refractivity contribution < 1.29 is 4.74 Å². The highest BCUT2D eigenvalue weighted by Gasteiger charge is 2.48. The van der Waals surface area contributed by atoms with Crippen LogP contribution in [0.2, 0.25) is 0 Å². The molecule has 0 aromatic heterocycles. The molecule has 10 heavy (non-hydrogen) atoms. The minimum Gasteiger partial charge on any atom is -0.377 e. The highest BCUT2D eigenvalue weighted by atomic mass is 16.5. The smallest absolute Gasteiger partial charge is 0.0654 e. The summed E-state index contributed by atoms with van der Waals surface area (Å²) in [7, 11) is 0. The summed E-state index contributed by atoms with van der Waals surface area (Å²) >= 11 is 0. The third-order valence-electron chi connectivity index (χ3n) is 3.00. The Morgan fingerprint density at radius 3 is 2.70 bits per heavy atom. The second-order valence-corrected chi connectivity index (χ2v) is 4.39. The molecule has 1 nitrogen and oxygen atoms in total. The van der Waals surface area contributed by atoms with Gasteiger partial charge in [-0.1, -0.05) is 13.8 Å². The lowest BCUT2D eigenvalue weighted by Gasteiger charge is -2.53. The molecule has 0 radical (unpaired) electrons. The summed E-state index contributed by atoms with van der Waals surface area (Å²) in [6.45, 7) is 5.64. The standard InChI is InChI=1S/C9H16O/c1-9(2)6-7-4-3-5-10-8(7)9/h7-8H,3-6H2,1-2H3. The molecule has 0 aromatic carbocycles. The van der Waals surface area contributed by atoms with Gasteiger partial charge in [0.25, 0.3) is 0 Å². The Balaban J connectivity index is 2.01. The molecule has 1 heteroatoms. The van der Waals surface area contributed by atoms with Crippen LogP contribution >= 0.6 is 0 Å². The number of rotatable bonds is 0. The first-order valence-corrected chi connectivity index (χ1v) is 4.32. The molecule has 58 valence electrons. The van der Waals surface area contributed by atoms with Crippen molar-refractivity contribution in [3.63, 3.8) is 0 Å². The van der Waals surface area contributed by atoms with Crippen LogP contribution in [0.5, 0.6) is 0 Å². The largest absolute Gasteiger partial charge is 0.377 e. The highest BCUT2D eigenvalue weighted by Crippen LogP contribution is 2.50. The Morgan fingerprint density at radius 2 is 2.20 bits per heavy atom. The molecule has 0 amide bonds. The fourth-order valence-corrected chi connectivity index (χ4v) is 2.55. The van der Waals surface area contributed by atoms with E-state index in [0.717, 1.165) is 12.5 Å². The van der Waals surface area contributed by atoms with E-state index in [1.807, 2.05) is 0 Å². The van der Waals surface area contributed by atoms with Crippen molar-refractivity contribution in [3.05, 3.63) is 0 Å². The molecule has 2 rings (SSSR count). The van der Waals surface area contributed by atoms with Crippen LogP contribution in [0, 0.1) is 11.3 Å². The van der Waals surface area contributed by atoms with Crippen molar-refractivity contribution in [2.45, 2.75) is 39.2 Å². The zero-order chi connectivity index (χ0) is 7.19. The molecule has 0 spiro atoms. The number of hydrogen-bond acceptors (Lipinski definition) is 1. The lowest BCUT2D eigenvalue weighted by Crippen LogP contribution is -2.52. The third-order valence-corrected chi connectivity index (χ3v) is 3.00. The molecular weight excluding hydrogens is 124 g/mol. The van der Waals surface area contributed by atoms with Gasteiger partial charge < -0.3 is 4.74 Å². The molecule has 1 saturated heterocycles. The molecule has 1 aliphatic carbocycles. The summed E-state index contributed by atoms with van der Waals surface area (Å²) in [6.07, 6.45) is 4.68. The number of fused-ring (bicyclic) bond motifs is 1. The van der Waals surface area contributed by atoms with Gasteiger partial charge in [0.2, 0.25) is 0 Å². The van der Waals surface area contributed by atoms with E-state index >= 15 is 0 Å². The molecule has 1 heterocycles. The van der Waals surface area contributed by atoms with Gasteiger partial charge >= 0.3 is 0 Å². The quantitative estimate of drug-likeness (QED) is 0.501. The molecule has 1 aliphatic heterocycles. The van der Waals surface area contributed by atoms with E-state index in [0.29, 0.717) is 11.5 Å². The molecule has 2 unspecified atom stereocenters. The van der Waals surface area contributed by atoms with Crippen molar-refractivity contribution in [1.82, 2.24) is 0 Å². The van der Waals surface area contributed by atoms with Crippen LogP contribution in [0.3, 0.4) is 0 Å². The van der Waals surface area contributed by atoms with E-state index in [1.54, 1.807) is 0 Å². The second kappa shape index (κ2) is 1.97. The molecule has 0 N–H and O–H groups in total. The zero-order valence-corrected chi connectivity index (χ0v) is 6.89. The Hall–Kier alpha value is -0.0400. The number of ether oxygens (including phenoxy) is 1. The monoisotopic (exact) mass is 140 g/mol. The van der Waals surface area contributed by atoms with Gasteiger partial charge in [0.1, 0.15) is 0 Å². The first-order chi connectivity index (χ1) is 4.70. The summed E-state index contributed by atoms with van der Waals surface area (Å²) < 4.78 is 5.69. The van der Waals surface area contributed by atoms with Gasteiger partial charge in [-0.2, -0.15) is 0 Å². The highest BCUT2D eigenvalue weighted by molar-refractivity contribution is 4.98. The van der Waals surface area contributed by atoms with Gasteiger partial charge in [0, 0.05) is 6.61 Å². The zero-order valence-electron chi connectivity index (χ0n) is 6.89. The molecule has 0 aromatic rings. The lowest BCUT2D eigenvalue weighted by atomic mass is 9.59. The van der Waals surface area contributed by atoms with Crippen LogP contribution in [0.25, 0.3) is 0 Å². The second-order valence-electron chi connectivity index (χ2n) is 4.39. The Morgan fingerprint density at radius 1 is 1.40 bits per heavy atom. The molecular formula is C9H16O. The summed E-state index contributed by atoms with van der Waals surface area (Å²) in [5, 5.41) is 0. The fraction of sp³-hybridized carbons (Fsp3) is 1.00. The van der Waals surface area contributed by atoms with E-state index in [1.165, 1.54) is 19.3 Å². The maximum absolute atomic E-state index is 5.69. The van der Waals surface area contributed by atoms with E-state index in [2.05, 4.69) is 13.8 Å². The lowest BCUT2D eigenvalue weighted by molar-refractivity contribution is -0.168. The average Bonchev–Trinajstić information content (AvgIpc) is 1.86. The van der Waals surface area contributed by atoms with Crippen molar-refractivity contribution in [3.8, 4) is 0 Å². The van der Waals surface area contributed by atoms with Gasteiger partial charge in [0.05, 0.1) is 6.10 Å². The van der Waals surface area contributed by atoms with Crippen molar-refractivity contribution in [2.75, 3.05) is 6.61 Å². The Bertz CT molecular complexity index is 140. The van der Waals surface area contributed by atoms with Crippen molar-refractivity contribution >= 4 is 0 Å². The van der Waals surface area contributed by atoms with E-state index in [-0.39, 0.29) is 0 Å². The number of hydrogen-bond donors (Lipinski definition) is 0. The normalized spacial score (nSPS) is 43.8.